The molecular weight excluding hydrogens is 493 g/mol. The van der Waals surface area contributed by atoms with Crippen LogP contribution >= 0.6 is 35.3 Å². The van der Waals surface area contributed by atoms with Crippen LogP contribution in [0.5, 0.6) is 0 Å². The number of anilines is 1. The Morgan fingerprint density at radius 1 is 1.21 bits per heavy atom. The Morgan fingerprint density at radius 3 is 2.83 bits per heavy atom. The number of hydrogen-bond acceptors (Lipinski definition) is 4. The number of nitrogens with one attached hydrogen (secondary N) is 2. The normalized spacial score (nSPS) is 19.6. The number of aliphatic imine (C=N–C) groups is 1. The molecule has 7 heteroatoms. The van der Waals surface area contributed by atoms with Gasteiger partial charge in [-0.2, -0.15) is 0 Å². The Balaban J connectivity index is 0.00000240. The fourth-order valence-electron chi connectivity index (χ4n) is 4.09. The van der Waals surface area contributed by atoms with E-state index in [1.54, 1.807) is 4.88 Å². The van der Waals surface area contributed by atoms with Gasteiger partial charge in [-0.1, -0.05) is 17.7 Å². The van der Waals surface area contributed by atoms with Gasteiger partial charge in [-0.25, -0.2) is 0 Å². The highest BCUT2D eigenvalue weighted by molar-refractivity contribution is 14.0. The molecule has 0 spiro atoms. The van der Waals surface area contributed by atoms with Crippen LogP contribution in [0.2, 0.25) is 0 Å². The maximum atomic E-state index is 4.43. The van der Waals surface area contributed by atoms with Gasteiger partial charge in [0.05, 0.1) is 0 Å². The minimum atomic E-state index is 0. The van der Waals surface area contributed by atoms with E-state index >= 15 is 0 Å². The first kappa shape index (κ1) is 22.4. The molecule has 2 aliphatic heterocycles. The molecule has 1 fully saturated rings. The monoisotopic (exact) mass is 525 g/mol. The molecule has 2 aromatic rings. The molecule has 5 nitrogen and oxygen atoms in total. The number of aryl methyl sites for hydroxylation is 1. The van der Waals surface area contributed by atoms with Crippen molar-refractivity contribution >= 4 is 47.0 Å². The molecule has 158 valence electrons. The van der Waals surface area contributed by atoms with Gasteiger partial charge in [-0.3, -0.25) is 9.89 Å². The second kappa shape index (κ2) is 10.6. The van der Waals surface area contributed by atoms with Crippen molar-refractivity contribution in [3.63, 3.8) is 0 Å². The lowest BCUT2D eigenvalue weighted by atomic mass is 10.1. The Morgan fingerprint density at radius 2 is 2.03 bits per heavy atom. The van der Waals surface area contributed by atoms with E-state index in [9.17, 15) is 0 Å². The van der Waals surface area contributed by atoms with Crippen LogP contribution in [0, 0.1) is 6.92 Å². The predicted molar refractivity (Wildman–Crippen MR) is 135 cm³/mol. The van der Waals surface area contributed by atoms with E-state index in [-0.39, 0.29) is 24.0 Å². The molecule has 0 aliphatic carbocycles. The number of guanidine groups is 1. The first-order chi connectivity index (χ1) is 13.7. The van der Waals surface area contributed by atoms with Crippen molar-refractivity contribution in [1.29, 1.82) is 0 Å². The number of nitrogens with zero attached hydrogens (tertiary/aromatic N) is 3. The molecule has 1 aromatic heterocycles. The lowest BCUT2D eigenvalue weighted by molar-refractivity contribution is 0.260. The van der Waals surface area contributed by atoms with Crippen LogP contribution in [0.25, 0.3) is 0 Å². The Kier molecular flexibility index (Phi) is 8.20. The topological polar surface area (TPSA) is 42.9 Å². The van der Waals surface area contributed by atoms with E-state index in [0.29, 0.717) is 6.04 Å². The van der Waals surface area contributed by atoms with Gasteiger partial charge >= 0.3 is 0 Å². The zero-order valence-corrected chi connectivity index (χ0v) is 20.5. The standard InChI is InChI=1S/C22H31N5S.HI/c1-17-3-5-20(6-4-17)27-12-7-19(16-27)25-22(23-2)24-10-13-26-11-8-21-18(15-26)9-14-28-21;/h3-6,9,14,19H,7-8,10-13,15-16H2,1-2H3,(H2,23,24,25);1H. The number of hydrogen-bond donors (Lipinski definition) is 2. The van der Waals surface area contributed by atoms with Crippen LogP contribution < -0.4 is 15.5 Å². The summed E-state index contributed by atoms with van der Waals surface area (Å²) < 4.78 is 0. The van der Waals surface area contributed by atoms with Gasteiger partial charge in [0.2, 0.25) is 0 Å². The summed E-state index contributed by atoms with van der Waals surface area (Å²) in [4.78, 5) is 11.0. The minimum absolute atomic E-state index is 0. The summed E-state index contributed by atoms with van der Waals surface area (Å²) in [7, 11) is 1.86. The number of rotatable bonds is 5. The third-order valence-electron chi connectivity index (χ3n) is 5.76. The summed E-state index contributed by atoms with van der Waals surface area (Å²) in [6.45, 7) is 8.47. The number of fused-ring (bicyclic) bond motifs is 1. The molecule has 1 saturated heterocycles. The lowest BCUT2D eigenvalue weighted by Crippen LogP contribution is -2.47. The van der Waals surface area contributed by atoms with Crippen LogP contribution in [-0.2, 0) is 13.0 Å². The van der Waals surface area contributed by atoms with E-state index in [1.807, 2.05) is 18.4 Å². The second-order valence-corrected chi connectivity index (χ2v) is 8.81. The van der Waals surface area contributed by atoms with Gasteiger partial charge in [-0.05, 0) is 48.9 Å². The molecule has 1 unspecified atom stereocenters. The van der Waals surface area contributed by atoms with E-state index in [0.717, 1.165) is 51.6 Å². The van der Waals surface area contributed by atoms with Crippen molar-refractivity contribution in [3.05, 3.63) is 51.7 Å². The highest BCUT2D eigenvalue weighted by atomic mass is 127. The molecule has 3 heterocycles. The summed E-state index contributed by atoms with van der Waals surface area (Å²) in [5, 5.41) is 9.33. The SMILES string of the molecule is CN=C(NCCN1CCc2sccc2C1)NC1CCN(c2ccc(C)cc2)C1.I. The molecule has 2 aliphatic rings. The minimum Gasteiger partial charge on any atom is -0.369 e. The molecule has 0 amide bonds. The van der Waals surface area contributed by atoms with E-state index < -0.39 is 0 Å². The largest absolute Gasteiger partial charge is 0.369 e. The third-order valence-corrected chi connectivity index (χ3v) is 6.78. The summed E-state index contributed by atoms with van der Waals surface area (Å²) in [5.74, 6) is 0.920. The summed E-state index contributed by atoms with van der Waals surface area (Å²) >= 11 is 1.90. The van der Waals surface area contributed by atoms with Crippen molar-refractivity contribution < 1.29 is 0 Å². The first-order valence-corrected chi connectivity index (χ1v) is 11.2. The summed E-state index contributed by atoms with van der Waals surface area (Å²) in [6.07, 6.45) is 2.33. The van der Waals surface area contributed by atoms with Crippen molar-refractivity contribution in [2.75, 3.05) is 44.7 Å². The maximum absolute atomic E-state index is 4.43. The fraction of sp³-hybridized carbons (Fsp3) is 0.500. The molecular formula is C22H32IN5S. The van der Waals surface area contributed by atoms with Crippen LogP contribution in [0.4, 0.5) is 5.69 Å². The van der Waals surface area contributed by atoms with E-state index in [2.05, 4.69) is 68.1 Å². The molecule has 0 radical (unpaired) electrons. The van der Waals surface area contributed by atoms with Gasteiger partial charge in [0.25, 0.3) is 0 Å². The molecule has 0 bridgehead atoms. The van der Waals surface area contributed by atoms with Gasteiger partial charge in [0.15, 0.2) is 5.96 Å². The van der Waals surface area contributed by atoms with Gasteiger partial charge in [0.1, 0.15) is 0 Å². The molecule has 1 aromatic carbocycles. The van der Waals surface area contributed by atoms with Gasteiger partial charge in [-0.15, -0.1) is 35.3 Å². The number of benzene rings is 1. The zero-order valence-electron chi connectivity index (χ0n) is 17.4. The molecule has 2 N–H and O–H groups in total. The van der Waals surface area contributed by atoms with Crippen LogP contribution in [-0.4, -0.2) is 56.7 Å². The van der Waals surface area contributed by atoms with Gasteiger partial charge in [0, 0.05) is 62.9 Å². The van der Waals surface area contributed by atoms with Crippen LogP contribution in [0.3, 0.4) is 0 Å². The molecule has 1 atom stereocenters. The summed E-state index contributed by atoms with van der Waals surface area (Å²) in [5.41, 5.74) is 4.14. The smallest absolute Gasteiger partial charge is 0.191 e. The third kappa shape index (κ3) is 5.86. The summed E-state index contributed by atoms with van der Waals surface area (Å²) in [6, 6.07) is 11.5. The van der Waals surface area contributed by atoms with Crippen LogP contribution in [0.15, 0.2) is 40.7 Å². The van der Waals surface area contributed by atoms with Crippen molar-refractivity contribution in [2.45, 2.75) is 32.4 Å². The predicted octanol–water partition coefficient (Wildman–Crippen LogP) is 3.48. The highest BCUT2D eigenvalue weighted by Crippen LogP contribution is 2.23. The highest BCUT2D eigenvalue weighted by Gasteiger charge is 2.23. The maximum Gasteiger partial charge on any atom is 0.191 e. The van der Waals surface area contributed by atoms with Crippen molar-refractivity contribution in [1.82, 2.24) is 15.5 Å². The first-order valence-electron chi connectivity index (χ1n) is 10.3. The Bertz CT molecular complexity index is 804. The number of thiophene rings is 1. The van der Waals surface area contributed by atoms with Gasteiger partial charge < -0.3 is 15.5 Å². The molecule has 4 rings (SSSR count). The molecule has 29 heavy (non-hydrogen) atoms. The number of halogens is 1. The zero-order chi connectivity index (χ0) is 19.3. The Labute approximate surface area is 195 Å². The van der Waals surface area contributed by atoms with E-state index in [1.165, 1.54) is 23.2 Å². The Hall–Kier alpha value is -1.32. The average Bonchev–Trinajstić information content (AvgIpc) is 3.37. The quantitative estimate of drug-likeness (QED) is 0.357. The average molecular weight is 526 g/mol. The lowest BCUT2D eigenvalue weighted by Gasteiger charge is -2.27. The van der Waals surface area contributed by atoms with Crippen molar-refractivity contribution in [2.24, 2.45) is 4.99 Å². The van der Waals surface area contributed by atoms with Crippen LogP contribution in [0.1, 0.15) is 22.4 Å². The van der Waals surface area contributed by atoms with Crippen molar-refractivity contribution in [3.8, 4) is 0 Å². The second-order valence-electron chi connectivity index (χ2n) is 7.81. The van der Waals surface area contributed by atoms with E-state index in [4.69, 9.17) is 0 Å². The fourth-order valence-corrected chi connectivity index (χ4v) is 4.98. The molecule has 0 saturated carbocycles.